The second-order valence-corrected chi connectivity index (χ2v) is 4.73. The topological polar surface area (TPSA) is 66.6 Å². The molecule has 5 nitrogen and oxygen atoms in total. The van der Waals surface area contributed by atoms with Crippen molar-refractivity contribution in [3.8, 4) is 11.3 Å². The number of hydrogen-bond acceptors (Lipinski definition) is 2. The van der Waals surface area contributed by atoms with Crippen LogP contribution in [0.3, 0.4) is 0 Å². The van der Waals surface area contributed by atoms with Gasteiger partial charge >= 0.3 is 0 Å². The summed E-state index contributed by atoms with van der Waals surface area (Å²) in [5.41, 5.74) is 10.8. The van der Waals surface area contributed by atoms with Crippen LogP contribution in [0.2, 0.25) is 0 Å². The Labute approximate surface area is 117 Å². The highest BCUT2D eigenvalue weighted by Gasteiger charge is 2.14. The van der Waals surface area contributed by atoms with Crippen molar-refractivity contribution in [3.63, 3.8) is 0 Å². The molecule has 2 aromatic rings. The predicted octanol–water partition coefficient (Wildman–Crippen LogP) is 4.07. The molecule has 0 spiro atoms. The van der Waals surface area contributed by atoms with E-state index in [9.17, 15) is 4.39 Å². The van der Waals surface area contributed by atoms with E-state index in [1.807, 2.05) is 6.92 Å². The van der Waals surface area contributed by atoms with Crippen LogP contribution in [-0.4, -0.2) is 16.3 Å². The summed E-state index contributed by atoms with van der Waals surface area (Å²) in [5, 5.41) is 7.87. The third kappa shape index (κ3) is 2.94. The minimum Gasteiger partial charge on any atom is -0.263 e. The minimum absolute atomic E-state index is 0.281. The molecule has 98 valence electrons. The first kappa shape index (κ1) is 13.6. The number of benzene rings is 1. The fraction of sp³-hybridized carbons (Fsp3) is 0.250. The van der Waals surface area contributed by atoms with Crippen LogP contribution >= 0.6 is 15.9 Å². The van der Waals surface area contributed by atoms with Gasteiger partial charge in [0.15, 0.2) is 0 Å². The Balaban J connectivity index is 2.42. The molecule has 0 fully saturated rings. The number of halogens is 2. The van der Waals surface area contributed by atoms with Gasteiger partial charge in [0.2, 0.25) is 0 Å². The summed E-state index contributed by atoms with van der Waals surface area (Å²) in [6, 6.07) is 6.20. The van der Waals surface area contributed by atoms with Gasteiger partial charge in [-0.15, -0.1) is 0 Å². The molecule has 0 aliphatic heterocycles. The molecule has 1 aromatic carbocycles. The van der Waals surface area contributed by atoms with E-state index < -0.39 is 0 Å². The Bertz CT molecular complexity index is 628. The van der Waals surface area contributed by atoms with E-state index in [-0.39, 0.29) is 5.82 Å². The van der Waals surface area contributed by atoms with Crippen molar-refractivity contribution in [1.29, 1.82) is 0 Å². The van der Waals surface area contributed by atoms with Crippen molar-refractivity contribution in [2.45, 2.75) is 13.5 Å². The summed E-state index contributed by atoms with van der Waals surface area (Å²) in [6.45, 7) is 2.67. The molecular formula is C12H11BrFN5. The van der Waals surface area contributed by atoms with Gasteiger partial charge in [-0.2, -0.15) is 5.10 Å². The van der Waals surface area contributed by atoms with Crippen LogP contribution in [0.25, 0.3) is 21.7 Å². The first-order valence-corrected chi connectivity index (χ1v) is 6.42. The van der Waals surface area contributed by atoms with Crippen LogP contribution in [0.4, 0.5) is 4.39 Å². The van der Waals surface area contributed by atoms with Crippen molar-refractivity contribution in [3.05, 3.63) is 50.7 Å². The van der Waals surface area contributed by atoms with Crippen LogP contribution in [0, 0.1) is 12.7 Å². The molecule has 0 radical (unpaired) electrons. The third-order valence-corrected chi connectivity index (χ3v) is 3.60. The smallest absolute Gasteiger partial charge is 0.123 e. The van der Waals surface area contributed by atoms with Gasteiger partial charge in [0.05, 0.1) is 15.9 Å². The van der Waals surface area contributed by atoms with E-state index in [4.69, 9.17) is 5.53 Å². The Kier molecular flexibility index (Phi) is 4.19. The molecule has 0 N–H and O–H groups in total. The van der Waals surface area contributed by atoms with Gasteiger partial charge < -0.3 is 0 Å². The SMILES string of the molecule is Cc1nn(CCN=[N+]=[N-])c(-c2ccc(F)cc2)c1Br. The summed E-state index contributed by atoms with van der Waals surface area (Å²) >= 11 is 3.48. The van der Waals surface area contributed by atoms with Crippen molar-refractivity contribution >= 4 is 15.9 Å². The molecule has 1 aromatic heterocycles. The van der Waals surface area contributed by atoms with Crippen molar-refractivity contribution in [2.75, 3.05) is 6.54 Å². The van der Waals surface area contributed by atoms with Crippen molar-refractivity contribution in [1.82, 2.24) is 9.78 Å². The zero-order chi connectivity index (χ0) is 13.8. The lowest BCUT2D eigenvalue weighted by Crippen LogP contribution is -2.05. The maximum Gasteiger partial charge on any atom is 0.123 e. The lowest BCUT2D eigenvalue weighted by atomic mass is 10.1. The van der Waals surface area contributed by atoms with Crippen LogP contribution in [0.15, 0.2) is 33.9 Å². The van der Waals surface area contributed by atoms with Crippen LogP contribution in [0.1, 0.15) is 5.69 Å². The van der Waals surface area contributed by atoms with Gasteiger partial charge in [0.1, 0.15) is 5.82 Å². The summed E-state index contributed by atoms with van der Waals surface area (Å²) < 4.78 is 15.6. The van der Waals surface area contributed by atoms with Crippen molar-refractivity contribution < 1.29 is 4.39 Å². The van der Waals surface area contributed by atoms with Gasteiger partial charge in [0.25, 0.3) is 0 Å². The highest BCUT2D eigenvalue weighted by Crippen LogP contribution is 2.31. The van der Waals surface area contributed by atoms with E-state index in [0.717, 1.165) is 21.4 Å². The van der Waals surface area contributed by atoms with E-state index in [0.29, 0.717) is 13.1 Å². The normalized spacial score (nSPS) is 10.3. The zero-order valence-corrected chi connectivity index (χ0v) is 11.8. The van der Waals surface area contributed by atoms with E-state index >= 15 is 0 Å². The fourth-order valence-corrected chi connectivity index (χ4v) is 2.30. The fourth-order valence-electron chi connectivity index (χ4n) is 1.79. The molecule has 0 saturated carbocycles. The first-order chi connectivity index (χ1) is 9.13. The van der Waals surface area contributed by atoms with Crippen LogP contribution < -0.4 is 0 Å². The number of rotatable bonds is 4. The van der Waals surface area contributed by atoms with E-state index in [2.05, 4.69) is 31.1 Å². The molecule has 7 heteroatoms. The molecule has 1 heterocycles. The van der Waals surface area contributed by atoms with Crippen LogP contribution in [-0.2, 0) is 6.54 Å². The second kappa shape index (κ2) is 5.86. The number of aryl methyl sites for hydroxylation is 1. The first-order valence-electron chi connectivity index (χ1n) is 5.63. The number of aromatic nitrogens is 2. The summed E-state index contributed by atoms with van der Waals surface area (Å²) in [5.74, 6) is -0.281. The highest BCUT2D eigenvalue weighted by molar-refractivity contribution is 9.10. The van der Waals surface area contributed by atoms with E-state index in [1.165, 1.54) is 12.1 Å². The lowest BCUT2D eigenvalue weighted by molar-refractivity contribution is 0.622. The third-order valence-electron chi connectivity index (χ3n) is 2.65. The number of hydrogen-bond donors (Lipinski definition) is 0. The Hall–Kier alpha value is -1.85. The molecule has 0 saturated heterocycles. The zero-order valence-electron chi connectivity index (χ0n) is 10.2. The summed E-state index contributed by atoms with van der Waals surface area (Å²) in [7, 11) is 0. The molecule has 19 heavy (non-hydrogen) atoms. The maximum absolute atomic E-state index is 13.0. The Morgan fingerprint density at radius 1 is 1.42 bits per heavy atom. The molecule has 2 rings (SSSR count). The largest absolute Gasteiger partial charge is 0.263 e. The van der Waals surface area contributed by atoms with Crippen molar-refractivity contribution in [2.24, 2.45) is 5.11 Å². The average Bonchev–Trinajstić information content (AvgIpc) is 2.67. The Morgan fingerprint density at radius 2 is 2.11 bits per heavy atom. The summed E-state index contributed by atoms with van der Waals surface area (Å²) in [4.78, 5) is 2.72. The van der Waals surface area contributed by atoms with Crippen LogP contribution in [0.5, 0.6) is 0 Å². The maximum atomic E-state index is 13.0. The molecule has 0 unspecified atom stereocenters. The average molecular weight is 324 g/mol. The minimum atomic E-state index is -0.281. The van der Waals surface area contributed by atoms with Gasteiger partial charge in [-0.25, -0.2) is 4.39 Å². The molecule has 0 atom stereocenters. The molecule has 0 aliphatic carbocycles. The van der Waals surface area contributed by atoms with Gasteiger partial charge in [0, 0.05) is 23.6 Å². The monoisotopic (exact) mass is 323 g/mol. The highest BCUT2D eigenvalue weighted by atomic mass is 79.9. The summed E-state index contributed by atoms with van der Waals surface area (Å²) in [6.07, 6.45) is 0. The van der Waals surface area contributed by atoms with E-state index in [1.54, 1.807) is 16.8 Å². The van der Waals surface area contributed by atoms with Gasteiger partial charge in [-0.1, -0.05) is 5.11 Å². The van der Waals surface area contributed by atoms with Gasteiger partial charge in [-0.05, 0) is 52.7 Å². The number of azide groups is 1. The molecule has 0 bridgehead atoms. The molecule has 0 aliphatic rings. The quantitative estimate of drug-likeness (QED) is 0.475. The second-order valence-electron chi connectivity index (χ2n) is 3.93. The predicted molar refractivity (Wildman–Crippen MR) is 74.1 cm³/mol. The lowest BCUT2D eigenvalue weighted by Gasteiger charge is -2.06. The standard InChI is InChI=1S/C12H11BrFN5/c1-8-11(13)12(9-2-4-10(14)5-3-9)19(17-8)7-6-16-18-15/h2-5H,6-7H2,1H3. The Morgan fingerprint density at radius 3 is 2.74 bits per heavy atom. The van der Waals surface area contributed by atoms with Gasteiger partial charge in [-0.3, -0.25) is 4.68 Å². The molecular weight excluding hydrogens is 313 g/mol. The number of nitrogens with zero attached hydrogens (tertiary/aromatic N) is 5. The molecule has 0 amide bonds.